The molecule has 5 nitrogen and oxygen atoms in total. The average molecular weight is 294 g/mol. The van der Waals surface area contributed by atoms with Crippen LogP contribution in [0.3, 0.4) is 0 Å². The van der Waals surface area contributed by atoms with Gasteiger partial charge in [-0.2, -0.15) is 0 Å². The SMILES string of the molecule is CC(C)c1nc(-c2cnccn2)nc(N)c1Br. The maximum atomic E-state index is 5.85. The second-order valence-corrected chi connectivity index (χ2v) is 4.67. The monoisotopic (exact) mass is 293 g/mol. The summed E-state index contributed by atoms with van der Waals surface area (Å²) in [5, 5.41) is 0. The molecule has 2 aromatic rings. The van der Waals surface area contributed by atoms with Crippen LogP contribution in [-0.4, -0.2) is 19.9 Å². The van der Waals surface area contributed by atoms with Crippen LogP contribution < -0.4 is 5.73 Å². The van der Waals surface area contributed by atoms with E-state index in [1.165, 1.54) is 0 Å². The van der Waals surface area contributed by atoms with Gasteiger partial charge in [0.2, 0.25) is 0 Å². The molecule has 0 unspecified atom stereocenters. The second kappa shape index (κ2) is 4.75. The van der Waals surface area contributed by atoms with E-state index in [1.54, 1.807) is 18.6 Å². The summed E-state index contributed by atoms with van der Waals surface area (Å²) in [6.45, 7) is 4.10. The molecule has 0 aromatic carbocycles. The molecule has 0 radical (unpaired) electrons. The average Bonchev–Trinajstić information content (AvgIpc) is 2.33. The number of anilines is 1. The zero-order valence-corrected chi connectivity index (χ0v) is 11.1. The van der Waals surface area contributed by atoms with E-state index < -0.39 is 0 Å². The Morgan fingerprint density at radius 1 is 1.24 bits per heavy atom. The minimum absolute atomic E-state index is 0.255. The van der Waals surface area contributed by atoms with Crippen LogP contribution >= 0.6 is 15.9 Å². The standard InChI is InChI=1S/C11H12BrN5/c1-6(2)9-8(12)10(13)17-11(16-9)7-5-14-3-4-15-7/h3-6H,1-2H3,(H2,13,16,17). The summed E-state index contributed by atoms with van der Waals surface area (Å²) in [6, 6.07) is 0. The van der Waals surface area contributed by atoms with Gasteiger partial charge in [0.25, 0.3) is 0 Å². The van der Waals surface area contributed by atoms with Crippen molar-refractivity contribution in [3.05, 3.63) is 28.8 Å². The molecule has 0 fully saturated rings. The van der Waals surface area contributed by atoms with Gasteiger partial charge in [0.15, 0.2) is 5.82 Å². The van der Waals surface area contributed by atoms with E-state index in [9.17, 15) is 0 Å². The number of hydrogen-bond acceptors (Lipinski definition) is 5. The third-order valence-electron chi connectivity index (χ3n) is 2.24. The first-order valence-electron chi connectivity index (χ1n) is 5.19. The van der Waals surface area contributed by atoms with Crippen molar-refractivity contribution < 1.29 is 0 Å². The van der Waals surface area contributed by atoms with Crippen LogP contribution in [0.5, 0.6) is 0 Å². The van der Waals surface area contributed by atoms with E-state index in [4.69, 9.17) is 5.73 Å². The lowest BCUT2D eigenvalue weighted by Crippen LogP contribution is -2.05. The Bertz CT molecular complexity index is 527. The molecular weight excluding hydrogens is 282 g/mol. The van der Waals surface area contributed by atoms with Crippen molar-refractivity contribution in [2.75, 3.05) is 5.73 Å². The molecule has 17 heavy (non-hydrogen) atoms. The van der Waals surface area contributed by atoms with E-state index in [2.05, 4.69) is 35.9 Å². The van der Waals surface area contributed by atoms with Crippen LogP contribution in [0.15, 0.2) is 23.1 Å². The van der Waals surface area contributed by atoms with Crippen LogP contribution in [0.1, 0.15) is 25.5 Å². The summed E-state index contributed by atoms with van der Waals surface area (Å²) >= 11 is 3.40. The molecule has 88 valence electrons. The van der Waals surface area contributed by atoms with E-state index in [0.29, 0.717) is 17.3 Å². The van der Waals surface area contributed by atoms with Gasteiger partial charge in [-0.3, -0.25) is 4.98 Å². The van der Waals surface area contributed by atoms with Crippen molar-refractivity contribution in [2.24, 2.45) is 0 Å². The van der Waals surface area contributed by atoms with Gasteiger partial charge in [0.05, 0.1) is 16.4 Å². The maximum Gasteiger partial charge on any atom is 0.182 e. The number of aromatic nitrogens is 4. The first-order chi connectivity index (χ1) is 8.09. The second-order valence-electron chi connectivity index (χ2n) is 3.88. The Kier molecular flexibility index (Phi) is 3.33. The van der Waals surface area contributed by atoms with Crippen LogP contribution in [0, 0.1) is 0 Å². The molecule has 2 aromatic heterocycles. The lowest BCUT2D eigenvalue weighted by atomic mass is 10.1. The number of nitrogens with zero attached hydrogens (tertiary/aromatic N) is 4. The third-order valence-corrected chi connectivity index (χ3v) is 3.05. The Morgan fingerprint density at radius 3 is 2.59 bits per heavy atom. The van der Waals surface area contributed by atoms with Crippen LogP contribution in [0.4, 0.5) is 5.82 Å². The van der Waals surface area contributed by atoms with Gasteiger partial charge < -0.3 is 5.73 Å². The van der Waals surface area contributed by atoms with Crippen molar-refractivity contribution in [2.45, 2.75) is 19.8 Å². The van der Waals surface area contributed by atoms with Gasteiger partial charge in [0, 0.05) is 12.4 Å². The minimum Gasteiger partial charge on any atom is -0.383 e. The van der Waals surface area contributed by atoms with Gasteiger partial charge in [-0.15, -0.1) is 0 Å². The molecule has 0 saturated heterocycles. The number of rotatable bonds is 2. The van der Waals surface area contributed by atoms with Crippen LogP contribution in [0.2, 0.25) is 0 Å². The van der Waals surface area contributed by atoms with Crippen molar-refractivity contribution in [3.63, 3.8) is 0 Å². The fourth-order valence-electron chi connectivity index (χ4n) is 1.39. The summed E-state index contributed by atoms with van der Waals surface area (Å²) in [4.78, 5) is 16.8. The Morgan fingerprint density at radius 2 is 2.00 bits per heavy atom. The first-order valence-corrected chi connectivity index (χ1v) is 5.98. The maximum absolute atomic E-state index is 5.85. The topological polar surface area (TPSA) is 77.6 Å². The molecule has 2 rings (SSSR count). The molecule has 0 aliphatic rings. The van der Waals surface area contributed by atoms with Gasteiger partial charge in [-0.05, 0) is 21.8 Å². The Hall–Kier alpha value is -1.56. The molecule has 2 heterocycles. The summed E-state index contributed by atoms with van der Waals surface area (Å²) in [5.41, 5.74) is 7.34. The highest BCUT2D eigenvalue weighted by Gasteiger charge is 2.14. The highest BCUT2D eigenvalue weighted by atomic mass is 79.9. The Labute approximate surface area is 108 Å². The zero-order chi connectivity index (χ0) is 12.4. The molecule has 0 amide bonds. The van der Waals surface area contributed by atoms with E-state index in [1.807, 2.05) is 13.8 Å². The predicted molar refractivity (Wildman–Crippen MR) is 69.3 cm³/mol. The fourth-order valence-corrected chi connectivity index (χ4v) is 2.03. The minimum atomic E-state index is 0.255. The molecule has 0 aliphatic heterocycles. The molecular formula is C11H12BrN5. The van der Waals surface area contributed by atoms with Crippen molar-refractivity contribution in [1.29, 1.82) is 0 Å². The Balaban J connectivity index is 2.57. The number of halogens is 1. The van der Waals surface area contributed by atoms with Gasteiger partial charge in [-0.1, -0.05) is 13.8 Å². The lowest BCUT2D eigenvalue weighted by Gasteiger charge is -2.10. The van der Waals surface area contributed by atoms with Gasteiger partial charge in [-0.25, -0.2) is 15.0 Å². The van der Waals surface area contributed by atoms with E-state index in [-0.39, 0.29) is 5.92 Å². The molecule has 0 aliphatic carbocycles. The zero-order valence-electron chi connectivity index (χ0n) is 9.55. The van der Waals surface area contributed by atoms with Crippen molar-refractivity contribution in [3.8, 4) is 11.5 Å². The normalized spacial score (nSPS) is 10.8. The van der Waals surface area contributed by atoms with Crippen LogP contribution in [0.25, 0.3) is 11.5 Å². The number of nitrogens with two attached hydrogens (primary N) is 1. The summed E-state index contributed by atoms with van der Waals surface area (Å²) < 4.78 is 0.750. The van der Waals surface area contributed by atoms with E-state index in [0.717, 1.165) is 10.2 Å². The summed E-state index contributed by atoms with van der Waals surface area (Å²) in [5.74, 6) is 1.18. The molecule has 2 N–H and O–H groups in total. The van der Waals surface area contributed by atoms with Crippen LogP contribution in [-0.2, 0) is 0 Å². The van der Waals surface area contributed by atoms with Crippen molar-refractivity contribution in [1.82, 2.24) is 19.9 Å². The summed E-state index contributed by atoms with van der Waals surface area (Å²) in [7, 11) is 0. The highest BCUT2D eigenvalue weighted by Crippen LogP contribution is 2.28. The smallest absolute Gasteiger partial charge is 0.182 e. The number of hydrogen-bond donors (Lipinski definition) is 1. The number of nitrogen functional groups attached to an aromatic ring is 1. The predicted octanol–water partition coefficient (Wildman–Crippen LogP) is 2.40. The molecule has 6 heteroatoms. The molecule has 0 saturated carbocycles. The van der Waals surface area contributed by atoms with Crippen molar-refractivity contribution >= 4 is 21.7 Å². The summed E-state index contributed by atoms with van der Waals surface area (Å²) in [6.07, 6.45) is 4.83. The van der Waals surface area contributed by atoms with E-state index >= 15 is 0 Å². The van der Waals surface area contributed by atoms with Gasteiger partial charge >= 0.3 is 0 Å². The molecule has 0 spiro atoms. The first kappa shape index (κ1) is 11.9. The molecule has 0 atom stereocenters. The quantitative estimate of drug-likeness (QED) is 0.920. The molecule has 0 bridgehead atoms. The third kappa shape index (κ3) is 2.41. The lowest BCUT2D eigenvalue weighted by molar-refractivity contribution is 0.810. The van der Waals surface area contributed by atoms with Gasteiger partial charge in [0.1, 0.15) is 11.5 Å². The largest absolute Gasteiger partial charge is 0.383 e. The highest BCUT2D eigenvalue weighted by molar-refractivity contribution is 9.10. The fraction of sp³-hybridized carbons (Fsp3) is 0.273.